The summed E-state index contributed by atoms with van der Waals surface area (Å²) < 4.78 is 76.8. The molecule has 4 unspecified atom stereocenters. The van der Waals surface area contributed by atoms with Crippen molar-refractivity contribution >= 4 is 49.5 Å². The van der Waals surface area contributed by atoms with E-state index in [4.69, 9.17) is 39.2 Å². The summed E-state index contributed by atoms with van der Waals surface area (Å²) >= 11 is 0. The second-order valence-electron chi connectivity index (χ2n) is 10.5. The van der Waals surface area contributed by atoms with E-state index in [1.807, 2.05) is 0 Å². The highest BCUT2D eigenvalue weighted by molar-refractivity contribution is 7.52. The summed E-state index contributed by atoms with van der Waals surface area (Å²) in [6.45, 7) is -1.65. The lowest BCUT2D eigenvalue weighted by Gasteiger charge is -2.25. The molecule has 3 fully saturated rings. The van der Waals surface area contributed by atoms with Crippen LogP contribution in [0.25, 0.3) is 22.3 Å². The molecular weight excluding hydrogens is 665 g/mol. The van der Waals surface area contributed by atoms with Gasteiger partial charge in [0.25, 0.3) is 5.56 Å². The number of hydrogen-bond acceptors (Lipinski definition) is 17. The zero-order valence-corrected chi connectivity index (χ0v) is 24.8. The molecule has 46 heavy (non-hydrogen) atoms. The number of nitrogen functional groups attached to an aromatic ring is 2. The van der Waals surface area contributed by atoms with Crippen LogP contribution in [0, 0.1) is 0 Å². The number of imidazole rings is 2. The Morgan fingerprint density at radius 1 is 0.935 bits per heavy atom. The molecule has 0 spiro atoms. The van der Waals surface area contributed by atoms with Gasteiger partial charge in [-0.05, 0) is 0 Å². The first-order chi connectivity index (χ1) is 21.8. The van der Waals surface area contributed by atoms with Gasteiger partial charge in [0, 0.05) is 0 Å². The lowest BCUT2D eigenvalue weighted by atomic mass is 10.1. The second-order valence-corrected chi connectivity index (χ2v) is 13.6. The Morgan fingerprint density at radius 3 is 2.41 bits per heavy atom. The number of nitrogens with two attached hydrogens (primary N) is 2. The maximum absolute atomic E-state index is 15.8. The molecular formula is C21H25FN10O12P2. The van der Waals surface area contributed by atoms with Gasteiger partial charge in [-0.3, -0.25) is 32.5 Å². The summed E-state index contributed by atoms with van der Waals surface area (Å²) in [7, 11) is -9.82. The topological polar surface area (TPSA) is 309 Å². The lowest BCUT2D eigenvalue weighted by molar-refractivity contribution is -0.0624. The molecule has 0 radical (unpaired) electrons. The lowest BCUT2D eigenvalue weighted by Crippen LogP contribution is -2.37. The number of aromatic amines is 1. The van der Waals surface area contributed by atoms with Crippen molar-refractivity contribution in [2.45, 2.75) is 49.1 Å². The molecule has 4 aromatic heterocycles. The van der Waals surface area contributed by atoms with E-state index in [-0.39, 0.29) is 34.1 Å². The van der Waals surface area contributed by atoms with Crippen LogP contribution in [0.2, 0.25) is 0 Å². The molecule has 10 atom stereocenters. The molecule has 4 aromatic rings. The van der Waals surface area contributed by atoms with E-state index in [0.29, 0.717) is 0 Å². The standard InChI is InChI=1S/C21H25FN10O12P2/c22-9-7-1-40-45(35,36)6-39-13-8(43-19(12(13)33)31-4-27-10-15(23)25-3-26-16(10)31)2-41-46(37,38)44-14(9)20(42-7)32-5-28-11-17(32)29-21(24)30-18(11)34/h3-5,7-9,12-14,19-20,33H,1-2,6H2,(H,35,36)(H,37,38)(H2,23,25,26)(H3,24,29,30,34)/t7-,8-,9?,12+,13?,14+,19-,20-/m1/s1. The summed E-state index contributed by atoms with van der Waals surface area (Å²) in [6, 6.07) is 0. The highest BCUT2D eigenvalue weighted by atomic mass is 31.2. The maximum Gasteiger partial charge on any atom is 0.472 e. The largest absolute Gasteiger partial charge is 0.472 e. The number of H-pyrrole nitrogens is 1. The molecule has 248 valence electrons. The van der Waals surface area contributed by atoms with Gasteiger partial charge in [0.15, 0.2) is 41.3 Å². The number of fused-ring (bicyclic) bond motifs is 5. The third-order valence-electron chi connectivity index (χ3n) is 7.49. The van der Waals surface area contributed by atoms with E-state index in [1.165, 1.54) is 10.9 Å². The first kappa shape index (κ1) is 31.1. The maximum atomic E-state index is 15.8. The molecule has 0 aromatic carbocycles. The van der Waals surface area contributed by atoms with Gasteiger partial charge >= 0.3 is 15.4 Å². The highest BCUT2D eigenvalue weighted by Gasteiger charge is 2.53. The normalized spacial score (nSPS) is 37.4. The summed E-state index contributed by atoms with van der Waals surface area (Å²) in [5, 5.41) is 11.2. The van der Waals surface area contributed by atoms with Crippen molar-refractivity contribution in [3.05, 3.63) is 29.3 Å². The molecule has 0 aliphatic carbocycles. The van der Waals surface area contributed by atoms with Crippen LogP contribution in [0.1, 0.15) is 12.5 Å². The minimum Gasteiger partial charge on any atom is -0.386 e. The minimum absolute atomic E-state index is 0.0451. The van der Waals surface area contributed by atoms with E-state index in [2.05, 4.69) is 29.9 Å². The molecule has 8 N–H and O–H groups in total. The summed E-state index contributed by atoms with van der Waals surface area (Å²) in [5.41, 5.74) is 10.7. The Bertz CT molecular complexity index is 1960. The van der Waals surface area contributed by atoms with E-state index in [9.17, 15) is 28.8 Å². The van der Waals surface area contributed by atoms with Crippen molar-refractivity contribution < 1.29 is 56.2 Å². The van der Waals surface area contributed by atoms with Crippen molar-refractivity contribution in [3.63, 3.8) is 0 Å². The molecule has 0 saturated carbocycles. The van der Waals surface area contributed by atoms with Crippen molar-refractivity contribution in [1.29, 1.82) is 0 Å². The Kier molecular flexibility index (Phi) is 7.68. The first-order valence-electron chi connectivity index (χ1n) is 13.3. The molecule has 3 saturated heterocycles. The van der Waals surface area contributed by atoms with Gasteiger partial charge < -0.3 is 45.1 Å². The second kappa shape index (κ2) is 11.3. The van der Waals surface area contributed by atoms with E-state index in [1.54, 1.807) is 0 Å². The predicted octanol–water partition coefficient (Wildman–Crippen LogP) is -1.32. The van der Waals surface area contributed by atoms with Crippen LogP contribution in [0.4, 0.5) is 16.2 Å². The van der Waals surface area contributed by atoms with Crippen LogP contribution in [0.15, 0.2) is 23.8 Å². The molecule has 3 aliphatic heterocycles. The van der Waals surface area contributed by atoms with Gasteiger partial charge in [0.2, 0.25) is 5.95 Å². The number of aliphatic hydroxyl groups excluding tert-OH is 1. The van der Waals surface area contributed by atoms with Gasteiger partial charge in [-0.15, -0.1) is 0 Å². The molecule has 25 heteroatoms. The van der Waals surface area contributed by atoms with E-state index in [0.717, 1.165) is 17.2 Å². The van der Waals surface area contributed by atoms with Crippen molar-refractivity contribution in [2.75, 3.05) is 31.0 Å². The fourth-order valence-corrected chi connectivity index (χ4v) is 7.14. The number of phosphoric acid groups is 1. The molecule has 22 nitrogen and oxygen atoms in total. The van der Waals surface area contributed by atoms with Gasteiger partial charge in [-0.2, -0.15) is 4.98 Å². The fourth-order valence-electron chi connectivity index (χ4n) is 5.40. The number of aliphatic hydroxyl groups is 1. The number of hydrogen-bond donors (Lipinski definition) is 6. The number of rotatable bonds is 2. The smallest absolute Gasteiger partial charge is 0.386 e. The number of anilines is 2. The van der Waals surface area contributed by atoms with Gasteiger partial charge in [0.05, 0.1) is 25.9 Å². The SMILES string of the molecule is Nc1nc2c(ncn2[C@@H]2O[C@@H]3COP(=O)(O)COC4[C@@H](COP(=O)(O)O[C@H]2C3F)O[C@@H](n2cnc3c(N)ncnc32)[C@H]4O)c(=O)[nH]1. The summed E-state index contributed by atoms with van der Waals surface area (Å²) in [6.07, 6.45) is -10.7. The summed E-state index contributed by atoms with van der Waals surface area (Å²) in [4.78, 5) is 55.7. The van der Waals surface area contributed by atoms with Crippen LogP contribution in [-0.2, 0) is 36.9 Å². The zero-order chi connectivity index (χ0) is 32.5. The average molecular weight is 690 g/mol. The van der Waals surface area contributed by atoms with Crippen molar-refractivity contribution in [2.24, 2.45) is 0 Å². The van der Waals surface area contributed by atoms with E-state index >= 15 is 4.39 Å². The van der Waals surface area contributed by atoms with Gasteiger partial charge in [0.1, 0.15) is 48.7 Å². The van der Waals surface area contributed by atoms with Crippen LogP contribution in [0.3, 0.4) is 0 Å². The monoisotopic (exact) mass is 690 g/mol. The van der Waals surface area contributed by atoms with Crippen molar-refractivity contribution in [3.8, 4) is 0 Å². The first-order valence-corrected chi connectivity index (χ1v) is 16.6. The number of alkyl halides is 1. The zero-order valence-electron chi connectivity index (χ0n) is 23.0. The molecule has 0 amide bonds. The van der Waals surface area contributed by atoms with Gasteiger partial charge in [-0.25, -0.2) is 28.9 Å². The number of halogens is 1. The van der Waals surface area contributed by atoms with Crippen LogP contribution >= 0.6 is 15.4 Å². The highest BCUT2D eigenvalue weighted by Crippen LogP contribution is 2.52. The number of nitrogens with zero attached hydrogens (tertiary/aromatic N) is 7. The Morgan fingerprint density at radius 2 is 1.63 bits per heavy atom. The Balaban J connectivity index is 1.20. The molecule has 7 rings (SSSR count). The van der Waals surface area contributed by atoms with E-state index < -0.39 is 89.7 Å². The Labute approximate surface area is 254 Å². The predicted molar refractivity (Wildman–Crippen MR) is 147 cm³/mol. The molecule has 3 aliphatic rings. The third kappa shape index (κ3) is 5.48. The number of phosphoric ester groups is 1. The molecule has 7 heterocycles. The number of nitrogens with one attached hydrogen (secondary N) is 1. The van der Waals surface area contributed by atoms with Crippen molar-refractivity contribution in [1.82, 2.24) is 39.0 Å². The molecule has 2 bridgehead atoms. The fraction of sp³-hybridized carbons (Fsp3) is 0.524. The Hall–Kier alpha value is -3.47. The minimum atomic E-state index is -5.17. The number of ether oxygens (including phenoxy) is 3. The van der Waals surface area contributed by atoms with Crippen LogP contribution in [0.5, 0.6) is 0 Å². The summed E-state index contributed by atoms with van der Waals surface area (Å²) in [5.74, 6) is -0.267. The number of aromatic nitrogens is 8. The average Bonchev–Trinajstić information content (AvgIpc) is 3.75. The quantitative estimate of drug-likeness (QED) is 0.133. The van der Waals surface area contributed by atoms with Crippen LogP contribution in [-0.4, -0.2) is 110 Å². The van der Waals surface area contributed by atoms with Crippen LogP contribution < -0.4 is 17.0 Å². The van der Waals surface area contributed by atoms with Gasteiger partial charge in [-0.1, -0.05) is 0 Å². The third-order valence-corrected chi connectivity index (χ3v) is 9.50.